The predicted octanol–water partition coefficient (Wildman–Crippen LogP) is 2.73. The van der Waals surface area contributed by atoms with Gasteiger partial charge in [-0.1, -0.05) is 11.3 Å². The maximum absolute atomic E-state index is 5.66. The predicted molar refractivity (Wildman–Crippen MR) is 68.8 cm³/mol. The maximum atomic E-state index is 5.66. The Kier molecular flexibility index (Phi) is 3.01. The zero-order valence-electron chi connectivity index (χ0n) is 9.51. The molecule has 0 aliphatic heterocycles. The van der Waals surface area contributed by atoms with Crippen LogP contribution in [0, 0.1) is 13.8 Å². The lowest BCUT2D eigenvalue weighted by Gasteiger charge is -1.97. The van der Waals surface area contributed by atoms with E-state index in [1.165, 1.54) is 11.3 Å². The number of pyridine rings is 1. The van der Waals surface area contributed by atoms with Crippen LogP contribution in [0.4, 0.5) is 22.5 Å². The second kappa shape index (κ2) is 4.46. The van der Waals surface area contributed by atoms with Crippen molar-refractivity contribution in [2.45, 2.75) is 13.8 Å². The lowest BCUT2D eigenvalue weighted by atomic mass is 10.4. The minimum Gasteiger partial charge on any atom is -0.384 e. The van der Waals surface area contributed by atoms with Crippen molar-refractivity contribution in [2.75, 3.05) is 11.5 Å². The Morgan fingerprint density at radius 3 is 2.47 bits per heavy atom. The number of hydrogen-bond donors (Lipinski definition) is 2. The number of thiazole rings is 1. The van der Waals surface area contributed by atoms with E-state index >= 15 is 0 Å². The van der Waals surface area contributed by atoms with E-state index in [1.807, 2.05) is 13.8 Å². The average molecular weight is 248 g/mol. The summed E-state index contributed by atoms with van der Waals surface area (Å²) in [6.45, 7) is 3.93. The summed E-state index contributed by atoms with van der Waals surface area (Å²) in [4.78, 5) is 9.27. The zero-order valence-corrected chi connectivity index (χ0v) is 10.3. The van der Waals surface area contributed by atoms with Gasteiger partial charge in [0.15, 0.2) is 5.82 Å². The van der Waals surface area contributed by atoms with Crippen molar-refractivity contribution in [1.29, 1.82) is 0 Å². The van der Waals surface area contributed by atoms with Crippen molar-refractivity contribution in [3.05, 3.63) is 22.7 Å². The van der Waals surface area contributed by atoms with Crippen molar-refractivity contribution >= 4 is 33.8 Å². The van der Waals surface area contributed by atoms with Crippen molar-refractivity contribution < 1.29 is 0 Å². The second-order valence-corrected chi connectivity index (χ2v) is 4.66. The molecule has 17 heavy (non-hydrogen) atoms. The first-order valence-electron chi connectivity index (χ1n) is 4.94. The van der Waals surface area contributed by atoms with Gasteiger partial charge in [-0.2, -0.15) is 0 Å². The number of nitrogens with two attached hydrogens (primary N) is 2. The third-order valence-corrected chi connectivity index (χ3v) is 3.14. The Morgan fingerprint density at radius 1 is 1.12 bits per heavy atom. The summed E-state index contributed by atoms with van der Waals surface area (Å²) in [5.74, 6) is 0.626. The van der Waals surface area contributed by atoms with Crippen LogP contribution in [0.1, 0.15) is 10.6 Å². The summed E-state index contributed by atoms with van der Waals surface area (Å²) >= 11 is 1.49. The number of azo groups is 1. The average Bonchev–Trinajstić information content (AvgIpc) is 2.57. The van der Waals surface area contributed by atoms with Crippen LogP contribution in [-0.4, -0.2) is 9.97 Å². The second-order valence-electron chi connectivity index (χ2n) is 3.48. The molecule has 0 fully saturated rings. The maximum Gasteiger partial charge on any atom is 0.230 e. The third kappa shape index (κ3) is 2.56. The summed E-state index contributed by atoms with van der Waals surface area (Å²) in [6, 6.07) is 3.30. The lowest BCUT2D eigenvalue weighted by Crippen LogP contribution is -1.95. The van der Waals surface area contributed by atoms with Crippen LogP contribution >= 0.6 is 11.3 Å². The number of hydrogen-bond acceptors (Lipinski definition) is 7. The van der Waals surface area contributed by atoms with Crippen LogP contribution in [-0.2, 0) is 0 Å². The van der Waals surface area contributed by atoms with Crippen molar-refractivity contribution in [2.24, 2.45) is 10.2 Å². The Balaban J connectivity index is 2.25. The van der Waals surface area contributed by atoms with E-state index in [0.717, 1.165) is 10.6 Å². The van der Waals surface area contributed by atoms with Gasteiger partial charge in [0.25, 0.3) is 0 Å². The zero-order chi connectivity index (χ0) is 12.4. The Hall–Kier alpha value is -2.02. The van der Waals surface area contributed by atoms with E-state index in [1.54, 1.807) is 12.1 Å². The SMILES string of the molecule is Cc1nc(N=Nc2ccc(N)nc2N)sc1C. The molecule has 2 aromatic heterocycles. The van der Waals surface area contributed by atoms with E-state index in [2.05, 4.69) is 20.2 Å². The van der Waals surface area contributed by atoms with Crippen LogP contribution < -0.4 is 11.5 Å². The third-order valence-electron chi connectivity index (χ3n) is 2.18. The highest BCUT2D eigenvalue weighted by Crippen LogP contribution is 2.27. The lowest BCUT2D eigenvalue weighted by molar-refractivity contribution is 1.15. The molecule has 0 amide bonds. The molecule has 4 N–H and O–H groups in total. The van der Waals surface area contributed by atoms with E-state index in [9.17, 15) is 0 Å². The Bertz CT molecular complexity index is 555. The fourth-order valence-corrected chi connectivity index (χ4v) is 1.89. The first kappa shape index (κ1) is 11.5. The molecular formula is C10H12N6S. The van der Waals surface area contributed by atoms with Crippen LogP contribution in [0.15, 0.2) is 22.4 Å². The molecule has 0 saturated carbocycles. The van der Waals surface area contributed by atoms with Gasteiger partial charge in [0.05, 0.1) is 5.69 Å². The highest BCUT2D eigenvalue weighted by molar-refractivity contribution is 7.15. The molecule has 0 atom stereocenters. The van der Waals surface area contributed by atoms with Gasteiger partial charge in [-0.15, -0.1) is 10.2 Å². The molecule has 6 nitrogen and oxygen atoms in total. The van der Waals surface area contributed by atoms with Crippen molar-refractivity contribution in [1.82, 2.24) is 9.97 Å². The molecule has 2 rings (SSSR count). The number of aromatic nitrogens is 2. The van der Waals surface area contributed by atoms with E-state index in [4.69, 9.17) is 11.5 Å². The van der Waals surface area contributed by atoms with Crippen molar-refractivity contribution in [3.63, 3.8) is 0 Å². The topological polar surface area (TPSA) is 103 Å². The van der Waals surface area contributed by atoms with Crippen LogP contribution in [0.5, 0.6) is 0 Å². The van der Waals surface area contributed by atoms with Gasteiger partial charge in [-0.3, -0.25) is 0 Å². The molecular weight excluding hydrogens is 236 g/mol. The smallest absolute Gasteiger partial charge is 0.230 e. The van der Waals surface area contributed by atoms with Gasteiger partial charge in [-0.25, -0.2) is 9.97 Å². The Labute approximate surface area is 102 Å². The largest absolute Gasteiger partial charge is 0.384 e. The normalized spacial score (nSPS) is 11.2. The van der Waals surface area contributed by atoms with Gasteiger partial charge < -0.3 is 11.5 Å². The molecule has 0 radical (unpaired) electrons. The molecule has 7 heteroatoms. The molecule has 0 bridgehead atoms. The molecule has 0 spiro atoms. The van der Waals surface area contributed by atoms with Crippen LogP contribution in [0.25, 0.3) is 0 Å². The molecule has 0 aliphatic carbocycles. The highest BCUT2D eigenvalue weighted by atomic mass is 32.1. The van der Waals surface area contributed by atoms with Crippen LogP contribution in [0.2, 0.25) is 0 Å². The summed E-state index contributed by atoms with van der Waals surface area (Å²) in [5, 5.41) is 8.63. The molecule has 0 aliphatic rings. The molecule has 2 heterocycles. The first-order chi connectivity index (χ1) is 8.06. The van der Waals surface area contributed by atoms with Gasteiger partial charge in [0.2, 0.25) is 5.13 Å². The summed E-state index contributed by atoms with van der Waals surface area (Å²) in [6.07, 6.45) is 0. The van der Waals surface area contributed by atoms with Gasteiger partial charge >= 0.3 is 0 Å². The number of rotatable bonds is 2. The molecule has 0 saturated heterocycles. The van der Waals surface area contributed by atoms with Gasteiger partial charge in [-0.05, 0) is 26.0 Å². The van der Waals surface area contributed by atoms with Gasteiger partial charge in [0.1, 0.15) is 11.5 Å². The van der Waals surface area contributed by atoms with E-state index in [0.29, 0.717) is 16.6 Å². The monoisotopic (exact) mass is 248 g/mol. The fourth-order valence-electron chi connectivity index (χ4n) is 1.16. The summed E-state index contributed by atoms with van der Waals surface area (Å²) < 4.78 is 0. The number of anilines is 2. The van der Waals surface area contributed by atoms with Crippen molar-refractivity contribution in [3.8, 4) is 0 Å². The molecule has 0 unspecified atom stereocenters. The quantitative estimate of drug-likeness (QED) is 0.797. The van der Waals surface area contributed by atoms with E-state index in [-0.39, 0.29) is 5.82 Å². The summed E-state index contributed by atoms with van der Waals surface area (Å²) in [7, 11) is 0. The first-order valence-corrected chi connectivity index (χ1v) is 5.75. The van der Waals surface area contributed by atoms with Crippen LogP contribution in [0.3, 0.4) is 0 Å². The molecule has 2 aromatic rings. The van der Waals surface area contributed by atoms with E-state index < -0.39 is 0 Å². The summed E-state index contributed by atoms with van der Waals surface area (Å²) in [5.41, 5.74) is 12.6. The molecule has 0 aromatic carbocycles. The minimum atomic E-state index is 0.263. The molecule has 88 valence electrons. The number of nitrogen functional groups attached to an aromatic ring is 2. The Morgan fingerprint density at radius 2 is 1.88 bits per heavy atom. The number of aryl methyl sites for hydroxylation is 2. The number of nitrogens with zero attached hydrogens (tertiary/aromatic N) is 4. The van der Waals surface area contributed by atoms with Gasteiger partial charge in [0, 0.05) is 4.88 Å². The fraction of sp³-hybridized carbons (Fsp3) is 0.200. The highest BCUT2D eigenvalue weighted by Gasteiger charge is 2.03. The standard InChI is InChI=1S/C10H12N6S/c1-5-6(2)17-10(13-5)16-15-7-3-4-8(11)14-9(7)12/h3-4H,1-2H3,(H4,11,12,14). The minimum absolute atomic E-state index is 0.263.